The molecule has 0 spiro atoms. The van der Waals surface area contributed by atoms with Gasteiger partial charge in [0.25, 0.3) is 5.91 Å². The van der Waals surface area contributed by atoms with Gasteiger partial charge in [-0.25, -0.2) is 9.37 Å². The Morgan fingerprint density at radius 2 is 1.89 bits per heavy atom. The number of amides is 2. The lowest BCUT2D eigenvalue weighted by atomic mass is 9.81. The highest BCUT2D eigenvalue weighted by Crippen LogP contribution is 2.50. The molecule has 0 bridgehead atoms. The van der Waals surface area contributed by atoms with E-state index >= 15 is 0 Å². The molecule has 2 amide bonds. The van der Waals surface area contributed by atoms with Gasteiger partial charge in [-0.2, -0.15) is 5.10 Å². The molecule has 2 aromatic carbocycles. The maximum atomic E-state index is 13.8. The summed E-state index contributed by atoms with van der Waals surface area (Å²) in [6.45, 7) is 1.55. The highest BCUT2D eigenvalue weighted by Gasteiger charge is 2.50. The second-order valence-corrected chi connectivity index (χ2v) is 12.3. The number of aromatic nitrogens is 3. The lowest BCUT2D eigenvalue weighted by molar-refractivity contribution is -0.123. The third-order valence-electron chi connectivity index (χ3n) is 9.10. The maximum absolute atomic E-state index is 13.8. The number of aliphatic hydroxyl groups is 1. The fourth-order valence-corrected chi connectivity index (χ4v) is 5.94. The number of carbonyl (C=O) groups is 2. The first kappa shape index (κ1) is 28.1. The van der Waals surface area contributed by atoms with Crippen LogP contribution in [0.15, 0.2) is 48.5 Å². The molecule has 44 heavy (non-hydrogen) atoms. The van der Waals surface area contributed by atoms with E-state index in [2.05, 4.69) is 15.5 Å². The summed E-state index contributed by atoms with van der Waals surface area (Å²) in [7, 11) is 1.51. The van der Waals surface area contributed by atoms with Crippen LogP contribution in [0.2, 0.25) is 0 Å². The van der Waals surface area contributed by atoms with Gasteiger partial charge >= 0.3 is 0 Å². The predicted molar refractivity (Wildman–Crippen MR) is 159 cm³/mol. The third-order valence-corrected chi connectivity index (χ3v) is 9.10. The van der Waals surface area contributed by atoms with Gasteiger partial charge in [-0.05, 0) is 87.1 Å². The van der Waals surface area contributed by atoms with Crippen LogP contribution < -0.4 is 20.5 Å². The van der Waals surface area contributed by atoms with E-state index in [1.54, 1.807) is 37.3 Å². The van der Waals surface area contributed by atoms with Crippen LogP contribution in [0.5, 0.6) is 11.5 Å². The van der Waals surface area contributed by atoms with Gasteiger partial charge in [-0.15, -0.1) is 5.10 Å². The number of halogens is 1. The molecule has 0 radical (unpaired) electrons. The fraction of sp³-hybridized carbons (Fsp3) is 0.364. The number of nitrogens with zero attached hydrogens (tertiary/aromatic N) is 3. The van der Waals surface area contributed by atoms with Gasteiger partial charge in [-0.1, -0.05) is 0 Å². The molecular formula is C33H32FN5O5. The SMILES string of the molecule is COc1cc(C(=O)NCC(O)(c2cc3c(c(-c4ccc(F)cc4)n2)OC[C@]3(C)C(N)=O)C2CC2)cc2cc(C3CC3)nnc12. The van der Waals surface area contributed by atoms with Crippen molar-refractivity contribution in [2.24, 2.45) is 11.7 Å². The van der Waals surface area contributed by atoms with Gasteiger partial charge in [0.15, 0.2) is 0 Å². The summed E-state index contributed by atoms with van der Waals surface area (Å²) in [5.74, 6) is -0.399. The average molecular weight is 598 g/mol. The maximum Gasteiger partial charge on any atom is 0.251 e. The number of nitrogens with two attached hydrogens (primary N) is 1. The first-order valence-corrected chi connectivity index (χ1v) is 14.7. The number of benzene rings is 2. The van der Waals surface area contributed by atoms with Crippen molar-refractivity contribution >= 4 is 22.7 Å². The normalized spacial score (nSPS) is 20.5. The summed E-state index contributed by atoms with van der Waals surface area (Å²) in [6, 6.07) is 12.7. The van der Waals surface area contributed by atoms with Crippen molar-refractivity contribution in [3.63, 3.8) is 0 Å². The molecule has 3 aliphatic rings. The molecule has 3 heterocycles. The van der Waals surface area contributed by atoms with E-state index in [0.29, 0.717) is 45.3 Å². The Hall–Kier alpha value is -4.64. The zero-order valence-electron chi connectivity index (χ0n) is 24.4. The van der Waals surface area contributed by atoms with Crippen molar-refractivity contribution in [1.29, 1.82) is 0 Å². The molecule has 2 aliphatic carbocycles. The lowest BCUT2D eigenvalue weighted by Crippen LogP contribution is -2.44. The minimum absolute atomic E-state index is 0.00617. The van der Waals surface area contributed by atoms with Crippen molar-refractivity contribution in [1.82, 2.24) is 20.5 Å². The van der Waals surface area contributed by atoms with Crippen molar-refractivity contribution in [2.45, 2.75) is 49.5 Å². The summed E-state index contributed by atoms with van der Waals surface area (Å²) >= 11 is 0. The summed E-state index contributed by atoms with van der Waals surface area (Å²) in [5, 5.41) is 24.5. The number of rotatable bonds is 9. The van der Waals surface area contributed by atoms with E-state index in [9.17, 15) is 19.1 Å². The Morgan fingerprint density at radius 3 is 2.55 bits per heavy atom. The van der Waals surface area contributed by atoms with Crippen molar-refractivity contribution in [3.05, 3.63) is 76.9 Å². The van der Waals surface area contributed by atoms with Gasteiger partial charge in [-0.3, -0.25) is 9.59 Å². The largest absolute Gasteiger partial charge is 0.494 e. The van der Waals surface area contributed by atoms with Crippen LogP contribution in [0, 0.1) is 11.7 Å². The van der Waals surface area contributed by atoms with Crippen LogP contribution >= 0.6 is 0 Å². The number of hydrogen-bond donors (Lipinski definition) is 3. The van der Waals surface area contributed by atoms with Crippen molar-refractivity contribution in [3.8, 4) is 22.8 Å². The number of pyridine rings is 1. The molecule has 11 heteroatoms. The fourth-order valence-electron chi connectivity index (χ4n) is 5.94. The molecule has 10 nitrogen and oxygen atoms in total. The number of ether oxygens (including phenoxy) is 2. The predicted octanol–water partition coefficient (Wildman–Crippen LogP) is 3.88. The Bertz CT molecular complexity index is 1820. The van der Waals surface area contributed by atoms with Gasteiger partial charge in [0.1, 0.15) is 46.1 Å². The molecule has 4 N–H and O–H groups in total. The Kier molecular flexibility index (Phi) is 6.54. The molecule has 0 saturated heterocycles. The zero-order valence-corrected chi connectivity index (χ0v) is 24.4. The highest BCUT2D eigenvalue weighted by molar-refractivity contribution is 6.00. The molecule has 1 unspecified atom stereocenters. The van der Waals surface area contributed by atoms with Gasteiger partial charge in [0.05, 0.1) is 25.0 Å². The Labute approximate surface area is 252 Å². The van der Waals surface area contributed by atoms with E-state index in [1.807, 2.05) is 6.07 Å². The first-order valence-electron chi connectivity index (χ1n) is 14.7. The van der Waals surface area contributed by atoms with Crippen LogP contribution in [0.3, 0.4) is 0 Å². The molecule has 226 valence electrons. The summed E-state index contributed by atoms with van der Waals surface area (Å²) < 4.78 is 25.3. The molecule has 1 aliphatic heterocycles. The number of methoxy groups -OCH3 is 1. The topological polar surface area (TPSA) is 150 Å². The molecule has 2 atom stereocenters. The first-order chi connectivity index (χ1) is 21.1. The molecule has 2 fully saturated rings. The third kappa shape index (κ3) is 4.71. The van der Waals surface area contributed by atoms with Crippen molar-refractivity contribution < 1.29 is 28.6 Å². The van der Waals surface area contributed by atoms with E-state index in [4.69, 9.17) is 20.2 Å². The second kappa shape index (κ2) is 10.2. The molecular weight excluding hydrogens is 565 g/mol. The minimum Gasteiger partial charge on any atom is -0.494 e. The van der Waals surface area contributed by atoms with E-state index in [0.717, 1.165) is 36.8 Å². The highest BCUT2D eigenvalue weighted by atomic mass is 19.1. The molecule has 2 aromatic heterocycles. The van der Waals surface area contributed by atoms with E-state index < -0.39 is 28.6 Å². The average Bonchev–Trinajstić information content (AvgIpc) is 3.96. The second-order valence-electron chi connectivity index (χ2n) is 12.3. The van der Waals surface area contributed by atoms with Crippen LogP contribution in [0.1, 0.15) is 65.8 Å². The summed E-state index contributed by atoms with van der Waals surface area (Å²) in [5.41, 5.74) is 6.58. The van der Waals surface area contributed by atoms with Crippen LogP contribution in [0.25, 0.3) is 22.2 Å². The van der Waals surface area contributed by atoms with E-state index in [-0.39, 0.29) is 24.8 Å². The quantitative estimate of drug-likeness (QED) is 0.263. The minimum atomic E-state index is -1.56. The van der Waals surface area contributed by atoms with Crippen LogP contribution in [0.4, 0.5) is 4.39 Å². The number of carbonyl (C=O) groups excluding carboxylic acids is 2. The Balaban J connectivity index is 1.25. The van der Waals surface area contributed by atoms with Crippen LogP contribution in [-0.4, -0.2) is 52.4 Å². The number of primary amides is 1. The number of fused-ring (bicyclic) bond motifs is 2. The monoisotopic (exact) mass is 597 g/mol. The van der Waals surface area contributed by atoms with E-state index in [1.165, 1.54) is 19.2 Å². The number of nitrogens with one attached hydrogen (secondary N) is 1. The van der Waals surface area contributed by atoms with Crippen LogP contribution in [-0.2, 0) is 15.8 Å². The summed E-state index contributed by atoms with van der Waals surface area (Å²) in [6.07, 6.45) is 3.60. The lowest BCUT2D eigenvalue weighted by Gasteiger charge is -2.30. The van der Waals surface area contributed by atoms with Gasteiger partial charge in [0.2, 0.25) is 5.91 Å². The standard InChI is InChI=1S/C33H32FN5O5/c1-32(31(35)41)16-44-29-23(32)14-26(37-28(29)18-5-9-22(34)10-6-18)33(42,21-7-8-21)15-36-30(40)20-11-19-12-24(17-3-4-17)38-39-27(19)25(13-20)43-2/h5-6,9-14,17,21,42H,3-4,7-8,15-16H2,1-2H3,(H2,35,41)(H,36,40)/t32-,33?/m0/s1. The van der Waals surface area contributed by atoms with Gasteiger partial charge in [0, 0.05) is 28.0 Å². The van der Waals surface area contributed by atoms with Gasteiger partial charge < -0.3 is 25.6 Å². The number of hydrogen-bond acceptors (Lipinski definition) is 8. The molecule has 4 aromatic rings. The smallest absolute Gasteiger partial charge is 0.251 e. The Morgan fingerprint density at radius 1 is 1.14 bits per heavy atom. The van der Waals surface area contributed by atoms with Crippen molar-refractivity contribution in [2.75, 3.05) is 20.3 Å². The zero-order chi connectivity index (χ0) is 30.8. The summed E-state index contributed by atoms with van der Waals surface area (Å²) in [4.78, 5) is 31.0. The molecule has 7 rings (SSSR count). The molecule has 2 saturated carbocycles.